The number of aryl methyl sites for hydroxylation is 1. The van der Waals surface area contributed by atoms with Gasteiger partial charge in [0.15, 0.2) is 0 Å². The number of hydrogen-bond acceptors (Lipinski definition) is 4. The fourth-order valence-corrected chi connectivity index (χ4v) is 3.38. The van der Waals surface area contributed by atoms with Crippen molar-refractivity contribution in [2.45, 2.75) is 13.3 Å². The fraction of sp³-hybridized carbons (Fsp3) is 0.381. The first-order valence-corrected chi connectivity index (χ1v) is 9.45. The third kappa shape index (κ3) is 5.37. The number of nitrogens with zero attached hydrogens (tertiary/aromatic N) is 2. The van der Waals surface area contributed by atoms with Crippen molar-refractivity contribution in [2.75, 3.05) is 49.5 Å². The number of hydrogen-bond donors (Lipinski definition) is 2. The number of nitrogens with one attached hydrogen (secondary N) is 1. The Kier molecular flexibility index (Phi) is 6.54. The quantitative estimate of drug-likeness (QED) is 0.737. The van der Waals surface area contributed by atoms with Crippen LogP contribution >= 0.6 is 0 Å². The minimum atomic E-state index is -0.578. The standard InChI is InChI=1S/C21H28N4O2/c1-17-7-5-10-19(20(17)23-21(22)26)27-16-6-11-24-12-14-25(15-13-24)18-8-3-2-4-9-18/h2-5,7-10H,6,11-16H2,1H3,(H3,22,23,26). The molecule has 0 unspecified atom stereocenters. The first-order valence-electron chi connectivity index (χ1n) is 9.45. The van der Waals surface area contributed by atoms with E-state index in [9.17, 15) is 4.79 Å². The van der Waals surface area contributed by atoms with E-state index in [1.807, 2.05) is 25.1 Å². The van der Waals surface area contributed by atoms with Crippen LogP contribution < -0.4 is 20.7 Å². The molecule has 1 aliphatic rings. The lowest BCUT2D eigenvalue weighted by Crippen LogP contribution is -2.46. The van der Waals surface area contributed by atoms with Crippen molar-refractivity contribution in [1.82, 2.24) is 4.90 Å². The second-order valence-electron chi connectivity index (χ2n) is 6.80. The largest absolute Gasteiger partial charge is 0.491 e. The number of carbonyl (C=O) groups excluding carboxylic acids is 1. The number of para-hydroxylation sites is 2. The van der Waals surface area contributed by atoms with Gasteiger partial charge in [0.05, 0.1) is 12.3 Å². The Morgan fingerprint density at radius 3 is 2.52 bits per heavy atom. The van der Waals surface area contributed by atoms with E-state index < -0.39 is 6.03 Å². The number of carbonyl (C=O) groups is 1. The zero-order chi connectivity index (χ0) is 19.1. The molecule has 6 heteroatoms. The second-order valence-corrected chi connectivity index (χ2v) is 6.80. The first kappa shape index (κ1) is 19.0. The smallest absolute Gasteiger partial charge is 0.316 e. The lowest BCUT2D eigenvalue weighted by atomic mass is 10.2. The molecule has 0 bridgehead atoms. The highest BCUT2D eigenvalue weighted by molar-refractivity contribution is 5.90. The van der Waals surface area contributed by atoms with E-state index in [1.165, 1.54) is 5.69 Å². The molecular formula is C21H28N4O2. The summed E-state index contributed by atoms with van der Waals surface area (Å²) >= 11 is 0. The van der Waals surface area contributed by atoms with E-state index in [1.54, 1.807) is 0 Å². The number of piperazine rings is 1. The summed E-state index contributed by atoms with van der Waals surface area (Å²) in [6, 6.07) is 15.7. The second kappa shape index (κ2) is 9.28. The lowest BCUT2D eigenvalue weighted by molar-refractivity contribution is 0.225. The van der Waals surface area contributed by atoms with Crippen molar-refractivity contribution in [1.29, 1.82) is 0 Å². The maximum atomic E-state index is 11.2. The van der Waals surface area contributed by atoms with Crippen molar-refractivity contribution >= 4 is 17.4 Å². The highest BCUT2D eigenvalue weighted by atomic mass is 16.5. The molecule has 1 aliphatic heterocycles. The minimum absolute atomic E-state index is 0.578. The molecule has 0 saturated carbocycles. The molecule has 6 nitrogen and oxygen atoms in total. The molecule has 1 heterocycles. The molecule has 1 fully saturated rings. The zero-order valence-corrected chi connectivity index (χ0v) is 15.9. The van der Waals surface area contributed by atoms with Crippen molar-refractivity contribution in [2.24, 2.45) is 5.73 Å². The van der Waals surface area contributed by atoms with Crippen LogP contribution in [0.25, 0.3) is 0 Å². The third-order valence-electron chi connectivity index (χ3n) is 4.85. The SMILES string of the molecule is Cc1cccc(OCCCN2CCN(c3ccccc3)CC2)c1NC(N)=O. The molecule has 0 aliphatic carbocycles. The van der Waals surface area contributed by atoms with Gasteiger partial charge < -0.3 is 20.7 Å². The van der Waals surface area contributed by atoms with Crippen molar-refractivity contribution in [3.8, 4) is 5.75 Å². The van der Waals surface area contributed by atoms with E-state index in [-0.39, 0.29) is 0 Å². The number of urea groups is 1. The van der Waals surface area contributed by atoms with Gasteiger partial charge in [-0.15, -0.1) is 0 Å². The van der Waals surface area contributed by atoms with Gasteiger partial charge >= 0.3 is 6.03 Å². The number of rotatable bonds is 7. The van der Waals surface area contributed by atoms with Crippen LogP contribution in [0, 0.1) is 6.92 Å². The van der Waals surface area contributed by atoms with Crippen LogP contribution in [-0.2, 0) is 0 Å². The van der Waals surface area contributed by atoms with Gasteiger partial charge in [-0.25, -0.2) is 4.79 Å². The number of anilines is 2. The molecule has 2 amide bonds. The van der Waals surface area contributed by atoms with Gasteiger partial charge in [-0.05, 0) is 37.1 Å². The topological polar surface area (TPSA) is 70.8 Å². The molecule has 3 N–H and O–H groups in total. The monoisotopic (exact) mass is 368 g/mol. The number of ether oxygens (including phenoxy) is 1. The van der Waals surface area contributed by atoms with E-state index in [2.05, 4.69) is 45.4 Å². The number of benzene rings is 2. The maximum absolute atomic E-state index is 11.2. The highest BCUT2D eigenvalue weighted by Crippen LogP contribution is 2.28. The maximum Gasteiger partial charge on any atom is 0.316 e. The number of amides is 2. The van der Waals surface area contributed by atoms with E-state index >= 15 is 0 Å². The average Bonchev–Trinajstić information content (AvgIpc) is 2.68. The first-order chi connectivity index (χ1) is 13.1. The molecule has 27 heavy (non-hydrogen) atoms. The minimum Gasteiger partial charge on any atom is -0.491 e. The van der Waals surface area contributed by atoms with Gasteiger partial charge in [-0.1, -0.05) is 30.3 Å². The summed E-state index contributed by atoms with van der Waals surface area (Å²) in [7, 11) is 0. The zero-order valence-electron chi connectivity index (χ0n) is 15.9. The summed E-state index contributed by atoms with van der Waals surface area (Å²) < 4.78 is 5.89. The van der Waals surface area contributed by atoms with Crippen molar-refractivity contribution in [3.05, 3.63) is 54.1 Å². The molecule has 2 aromatic rings. The summed E-state index contributed by atoms with van der Waals surface area (Å²) in [5.41, 5.74) is 8.14. The molecule has 0 atom stereocenters. The molecule has 3 rings (SSSR count). The predicted molar refractivity (Wildman–Crippen MR) is 110 cm³/mol. The van der Waals surface area contributed by atoms with E-state index in [0.717, 1.165) is 44.7 Å². The van der Waals surface area contributed by atoms with Gasteiger partial charge in [-0.2, -0.15) is 0 Å². The molecule has 2 aromatic carbocycles. The summed E-state index contributed by atoms with van der Waals surface area (Å²) in [5, 5.41) is 2.65. The summed E-state index contributed by atoms with van der Waals surface area (Å²) in [5.74, 6) is 0.669. The van der Waals surface area contributed by atoms with Crippen molar-refractivity contribution in [3.63, 3.8) is 0 Å². The Morgan fingerprint density at radius 1 is 1.07 bits per heavy atom. The van der Waals surface area contributed by atoms with Crippen LogP contribution in [0.1, 0.15) is 12.0 Å². The van der Waals surface area contributed by atoms with Crippen LogP contribution in [-0.4, -0.2) is 50.3 Å². The van der Waals surface area contributed by atoms with Crippen LogP contribution in [0.2, 0.25) is 0 Å². The molecule has 0 radical (unpaired) electrons. The van der Waals surface area contributed by atoms with Crippen LogP contribution in [0.3, 0.4) is 0 Å². The fourth-order valence-electron chi connectivity index (χ4n) is 3.38. The Hall–Kier alpha value is -2.73. The molecule has 0 spiro atoms. The summed E-state index contributed by atoms with van der Waals surface area (Å²) in [6.45, 7) is 7.76. The Morgan fingerprint density at radius 2 is 1.81 bits per heavy atom. The molecule has 0 aromatic heterocycles. The normalized spacial score (nSPS) is 14.8. The number of primary amides is 1. The highest BCUT2D eigenvalue weighted by Gasteiger charge is 2.16. The van der Waals surface area contributed by atoms with Gasteiger partial charge in [0.2, 0.25) is 0 Å². The average molecular weight is 368 g/mol. The molecule has 1 saturated heterocycles. The third-order valence-corrected chi connectivity index (χ3v) is 4.85. The van der Waals surface area contributed by atoms with Crippen LogP contribution in [0.15, 0.2) is 48.5 Å². The Bertz CT molecular complexity index is 743. The van der Waals surface area contributed by atoms with Crippen molar-refractivity contribution < 1.29 is 9.53 Å². The summed E-state index contributed by atoms with van der Waals surface area (Å²) in [4.78, 5) is 16.1. The Labute approximate surface area is 160 Å². The Balaban J connectivity index is 1.41. The van der Waals surface area contributed by atoms with Crippen LogP contribution in [0.5, 0.6) is 5.75 Å². The van der Waals surface area contributed by atoms with Crippen LogP contribution in [0.4, 0.5) is 16.2 Å². The van der Waals surface area contributed by atoms with E-state index in [4.69, 9.17) is 10.5 Å². The summed E-state index contributed by atoms with van der Waals surface area (Å²) in [6.07, 6.45) is 0.940. The van der Waals surface area contributed by atoms with Gasteiger partial charge in [0, 0.05) is 38.4 Å². The van der Waals surface area contributed by atoms with Gasteiger partial charge in [-0.3, -0.25) is 4.90 Å². The van der Waals surface area contributed by atoms with E-state index in [0.29, 0.717) is 18.0 Å². The molecule has 144 valence electrons. The molecular weight excluding hydrogens is 340 g/mol. The van der Waals surface area contributed by atoms with Gasteiger partial charge in [0.1, 0.15) is 5.75 Å². The predicted octanol–water partition coefficient (Wildman–Crippen LogP) is 3.08. The lowest BCUT2D eigenvalue weighted by Gasteiger charge is -2.36. The number of nitrogens with two attached hydrogens (primary N) is 1. The van der Waals surface area contributed by atoms with Gasteiger partial charge in [0.25, 0.3) is 0 Å².